The van der Waals surface area contributed by atoms with E-state index in [4.69, 9.17) is 0 Å². The van der Waals surface area contributed by atoms with Crippen LogP contribution in [0.2, 0.25) is 0 Å². The first-order valence-corrected chi connectivity index (χ1v) is 8.56. The van der Waals surface area contributed by atoms with Crippen molar-refractivity contribution in [1.29, 1.82) is 0 Å². The summed E-state index contributed by atoms with van der Waals surface area (Å²) >= 11 is 0. The number of benzene rings is 1. The van der Waals surface area contributed by atoms with Gasteiger partial charge in [0.25, 0.3) is 5.69 Å². The number of likely N-dealkylation sites (tertiary alicyclic amines) is 1. The van der Waals surface area contributed by atoms with Crippen molar-refractivity contribution in [2.45, 2.75) is 32.4 Å². The molecule has 1 aliphatic heterocycles. The van der Waals surface area contributed by atoms with E-state index in [1.165, 1.54) is 25.0 Å². The third-order valence-corrected chi connectivity index (χ3v) is 4.59. The molecule has 2 aromatic rings. The van der Waals surface area contributed by atoms with E-state index in [9.17, 15) is 15.2 Å². The average molecular weight is 345 g/mol. The Morgan fingerprint density at radius 1 is 1.36 bits per heavy atom. The highest BCUT2D eigenvalue weighted by Gasteiger charge is 2.19. The molecule has 1 fully saturated rings. The minimum atomic E-state index is -0.520. The van der Waals surface area contributed by atoms with E-state index in [-0.39, 0.29) is 5.69 Å². The first-order chi connectivity index (χ1) is 12.0. The molecule has 3 rings (SSSR count). The quantitative estimate of drug-likeness (QED) is 0.635. The van der Waals surface area contributed by atoms with Crippen molar-refractivity contribution in [3.05, 3.63) is 40.7 Å². The Morgan fingerprint density at radius 3 is 2.84 bits per heavy atom. The molecule has 0 spiro atoms. The number of hydrogen-bond donors (Lipinski definition) is 1. The molecule has 134 valence electrons. The number of β-amino-alcohol motifs (C(OH)–C–C–N with tert-alkyl or cyclic N) is 1. The molecule has 0 unspecified atom stereocenters. The molecular weight excluding hydrogens is 322 g/mol. The SMILES string of the molecule is CC1CCN(C[C@H](O)Cn2cnc(-c3cccc([N+](=O)[O-])c3)n2)CC1. The summed E-state index contributed by atoms with van der Waals surface area (Å²) in [4.78, 5) is 16.9. The third kappa shape index (κ3) is 4.61. The van der Waals surface area contributed by atoms with Gasteiger partial charge in [-0.05, 0) is 31.8 Å². The van der Waals surface area contributed by atoms with Crippen molar-refractivity contribution >= 4 is 5.69 Å². The van der Waals surface area contributed by atoms with Crippen LogP contribution < -0.4 is 0 Å². The fourth-order valence-corrected chi connectivity index (χ4v) is 3.09. The number of piperidine rings is 1. The van der Waals surface area contributed by atoms with E-state index in [1.807, 2.05) is 0 Å². The summed E-state index contributed by atoms with van der Waals surface area (Å²) in [5.41, 5.74) is 0.598. The van der Waals surface area contributed by atoms with Crippen molar-refractivity contribution in [2.75, 3.05) is 19.6 Å². The number of nitro benzene ring substituents is 1. The second-order valence-electron chi connectivity index (χ2n) is 6.73. The van der Waals surface area contributed by atoms with Crippen molar-refractivity contribution in [2.24, 2.45) is 5.92 Å². The summed E-state index contributed by atoms with van der Waals surface area (Å²) in [5.74, 6) is 1.18. The molecule has 1 saturated heterocycles. The Hall–Kier alpha value is -2.32. The van der Waals surface area contributed by atoms with E-state index < -0.39 is 11.0 Å². The van der Waals surface area contributed by atoms with Crippen molar-refractivity contribution in [3.8, 4) is 11.4 Å². The largest absolute Gasteiger partial charge is 0.390 e. The summed E-state index contributed by atoms with van der Waals surface area (Å²) in [5, 5.41) is 25.5. The van der Waals surface area contributed by atoms with Crippen molar-refractivity contribution in [3.63, 3.8) is 0 Å². The van der Waals surface area contributed by atoms with Crippen molar-refractivity contribution < 1.29 is 10.0 Å². The highest BCUT2D eigenvalue weighted by molar-refractivity contribution is 5.58. The van der Waals surface area contributed by atoms with E-state index in [1.54, 1.807) is 23.1 Å². The van der Waals surface area contributed by atoms with Crippen molar-refractivity contribution in [1.82, 2.24) is 19.7 Å². The zero-order chi connectivity index (χ0) is 17.8. The topological polar surface area (TPSA) is 97.3 Å². The molecule has 0 saturated carbocycles. The molecule has 0 bridgehead atoms. The molecule has 0 amide bonds. The fourth-order valence-electron chi connectivity index (χ4n) is 3.09. The number of aliphatic hydroxyl groups excluding tert-OH is 1. The van der Waals surface area contributed by atoms with Gasteiger partial charge in [-0.25, -0.2) is 9.67 Å². The summed E-state index contributed by atoms with van der Waals surface area (Å²) in [6.07, 6.45) is 3.38. The highest BCUT2D eigenvalue weighted by atomic mass is 16.6. The number of nitrogens with zero attached hydrogens (tertiary/aromatic N) is 5. The molecule has 8 heteroatoms. The van der Waals surface area contributed by atoms with Gasteiger partial charge in [-0.3, -0.25) is 10.1 Å². The van der Waals surface area contributed by atoms with E-state index in [0.29, 0.717) is 24.5 Å². The molecule has 8 nitrogen and oxygen atoms in total. The minimum absolute atomic E-state index is 0.00760. The minimum Gasteiger partial charge on any atom is -0.390 e. The van der Waals surface area contributed by atoms with E-state index in [2.05, 4.69) is 21.9 Å². The molecule has 25 heavy (non-hydrogen) atoms. The predicted octanol–water partition coefficient (Wildman–Crippen LogP) is 1.95. The maximum absolute atomic E-state index is 10.9. The fraction of sp³-hybridized carbons (Fsp3) is 0.529. The molecule has 2 heterocycles. The lowest BCUT2D eigenvalue weighted by Crippen LogP contribution is -2.39. The lowest BCUT2D eigenvalue weighted by Gasteiger charge is -2.31. The maximum atomic E-state index is 10.9. The zero-order valence-electron chi connectivity index (χ0n) is 14.3. The first-order valence-electron chi connectivity index (χ1n) is 8.56. The molecule has 1 N–H and O–H groups in total. The number of aromatic nitrogens is 3. The van der Waals surface area contributed by atoms with Crippen LogP contribution >= 0.6 is 0 Å². The number of non-ortho nitro benzene ring substituents is 1. The number of rotatable bonds is 6. The van der Waals surface area contributed by atoms with Gasteiger partial charge in [-0.2, -0.15) is 5.10 Å². The lowest BCUT2D eigenvalue weighted by atomic mass is 9.99. The predicted molar refractivity (Wildman–Crippen MR) is 93.0 cm³/mol. The second-order valence-corrected chi connectivity index (χ2v) is 6.73. The van der Waals surface area contributed by atoms with Crippen LogP contribution in [0.15, 0.2) is 30.6 Å². The van der Waals surface area contributed by atoms with Gasteiger partial charge in [0.05, 0.1) is 17.6 Å². The Bertz CT molecular complexity index is 725. The van der Waals surface area contributed by atoms with Gasteiger partial charge >= 0.3 is 0 Å². The van der Waals surface area contributed by atoms with E-state index >= 15 is 0 Å². The number of hydrogen-bond acceptors (Lipinski definition) is 6. The van der Waals surface area contributed by atoms with Crippen LogP contribution in [0.4, 0.5) is 5.69 Å². The second kappa shape index (κ2) is 7.71. The summed E-state index contributed by atoms with van der Waals surface area (Å²) in [6.45, 7) is 5.29. The summed E-state index contributed by atoms with van der Waals surface area (Å²) in [7, 11) is 0. The van der Waals surface area contributed by atoms with Gasteiger partial charge < -0.3 is 10.0 Å². The van der Waals surface area contributed by atoms with Gasteiger partial charge in [-0.1, -0.05) is 19.1 Å². The third-order valence-electron chi connectivity index (χ3n) is 4.59. The number of aliphatic hydroxyl groups is 1. The smallest absolute Gasteiger partial charge is 0.270 e. The van der Waals surface area contributed by atoms with Crippen LogP contribution in [0.3, 0.4) is 0 Å². The summed E-state index contributed by atoms with van der Waals surface area (Å²) in [6, 6.07) is 6.23. The zero-order valence-corrected chi connectivity index (χ0v) is 14.3. The molecule has 0 aliphatic carbocycles. The maximum Gasteiger partial charge on any atom is 0.270 e. The molecule has 1 aromatic heterocycles. The average Bonchev–Trinajstić information content (AvgIpc) is 3.05. The Morgan fingerprint density at radius 2 is 2.12 bits per heavy atom. The van der Waals surface area contributed by atoms with Gasteiger partial charge in [0.15, 0.2) is 5.82 Å². The van der Waals surface area contributed by atoms with Crippen LogP contribution in [-0.4, -0.2) is 55.4 Å². The van der Waals surface area contributed by atoms with Crippen LogP contribution in [0.5, 0.6) is 0 Å². The molecular formula is C17H23N5O3. The van der Waals surface area contributed by atoms with E-state index in [0.717, 1.165) is 19.0 Å². The van der Waals surface area contributed by atoms with Gasteiger partial charge in [-0.15, -0.1) is 0 Å². The van der Waals surface area contributed by atoms with Crippen LogP contribution in [0.1, 0.15) is 19.8 Å². The van der Waals surface area contributed by atoms with Crippen LogP contribution in [0.25, 0.3) is 11.4 Å². The number of nitro groups is 1. The first kappa shape index (κ1) is 17.5. The summed E-state index contributed by atoms with van der Waals surface area (Å²) < 4.78 is 1.59. The molecule has 1 aliphatic rings. The normalized spacial score (nSPS) is 17.5. The molecule has 1 aromatic carbocycles. The Kier molecular flexibility index (Phi) is 5.40. The van der Waals surface area contributed by atoms with Gasteiger partial charge in [0, 0.05) is 24.2 Å². The Balaban J connectivity index is 1.59. The van der Waals surface area contributed by atoms with Gasteiger partial charge in [0.1, 0.15) is 6.33 Å². The molecule has 1 atom stereocenters. The van der Waals surface area contributed by atoms with Gasteiger partial charge in [0.2, 0.25) is 0 Å². The lowest BCUT2D eigenvalue weighted by molar-refractivity contribution is -0.384. The molecule has 0 radical (unpaired) electrons. The standard InChI is InChI=1S/C17H23N5O3/c1-13-5-7-20(8-6-13)10-16(23)11-21-12-18-17(19-21)14-3-2-4-15(9-14)22(24)25/h2-4,9,12-13,16,23H,5-8,10-11H2,1H3/t16-/m0/s1. The van der Waals surface area contributed by atoms with Crippen LogP contribution in [0, 0.1) is 16.0 Å². The highest BCUT2D eigenvalue weighted by Crippen LogP contribution is 2.20. The monoisotopic (exact) mass is 345 g/mol. The Labute approximate surface area is 146 Å². The van der Waals surface area contributed by atoms with Crippen LogP contribution in [-0.2, 0) is 6.54 Å².